The van der Waals surface area contributed by atoms with Crippen molar-refractivity contribution in [3.8, 4) is 0 Å². The van der Waals surface area contributed by atoms with Gasteiger partial charge in [0, 0.05) is 44.4 Å². The molecule has 6 nitrogen and oxygen atoms in total. The molecule has 3 N–H and O–H groups in total. The molecule has 0 aliphatic carbocycles. The van der Waals surface area contributed by atoms with E-state index in [1.165, 1.54) is 0 Å². The average Bonchev–Trinajstić information content (AvgIpc) is 2.43. The number of amides is 1. The first kappa shape index (κ1) is 18.2. The highest BCUT2D eigenvalue weighted by Gasteiger charge is 2.30. The van der Waals surface area contributed by atoms with E-state index in [0.29, 0.717) is 13.1 Å². The van der Waals surface area contributed by atoms with Gasteiger partial charge >= 0.3 is 6.09 Å². The molecular weight excluding hydrogens is 280 g/mol. The van der Waals surface area contributed by atoms with Crippen molar-refractivity contribution < 1.29 is 9.53 Å². The van der Waals surface area contributed by atoms with Gasteiger partial charge in [-0.1, -0.05) is 13.0 Å². The quantitative estimate of drug-likeness (QED) is 0.868. The smallest absolute Gasteiger partial charge is 0.407 e. The Labute approximate surface area is 133 Å². The van der Waals surface area contributed by atoms with Crippen molar-refractivity contribution in [2.75, 3.05) is 32.1 Å². The van der Waals surface area contributed by atoms with Gasteiger partial charge in [-0.15, -0.1) is 0 Å². The maximum absolute atomic E-state index is 11.9. The Kier molecular flexibility index (Phi) is 5.77. The Balaban J connectivity index is 2.91. The molecule has 1 amide bonds. The van der Waals surface area contributed by atoms with Crippen molar-refractivity contribution in [2.24, 2.45) is 5.73 Å². The fraction of sp³-hybridized carbons (Fsp3) is 0.625. The van der Waals surface area contributed by atoms with Crippen LogP contribution in [0, 0.1) is 0 Å². The van der Waals surface area contributed by atoms with Gasteiger partial charge in [0.15, 0.2) is 0 Å². The van der Waals surface area contributed by atoms with Crippen LogP contribution in [0.15, 0.2) is 18.3 Å². The molecule has 0 spiro atoms. The number of nitrogens with one attached hydrogen (secondary N) is 1. The molecule has 1 unspecified atom stereocenters. The Morgan fingerprint density at radius 1 is 1.36 bits per heavy atom. The lowest BCUT2D eigenvalue weighted by Gasteiger charge is -2.32. The molecule has 124 valence electrons. The third-order valence-electron chi connectivity index (χ3n) is 3.33. The second-order valence-corrected chi connectivity index (χ2v) is 6.89. The van der Waals surface area contributed by atoms with Crippen LogP contribution in [0.2, 0.25) is 0 Å². The van der Waals surface area contributed by atoms with Crippen molar-refractivity contribution in [1.29, 1.82) is 0 Å². The van der Waals surface area contributed by atoms with Crippen molar-refractivity contribution in [1.82, 2.24) is 10.3 Å². The Bertz CT molecular complexity index is 511. The molecule has 1 aromatic rings. The van der Waals surface area contributed by atoms with Crippen LogP contribution in [0.5, 0.6) is 0 Å². The lowest BCUT2D eigenvalue weighted by atomic mass is 9.82. The zero-order valence-electron chi connectivity index (χ0n) is 14.4. The van der Waals surface area contributed by atoms with Crippen LogP contribution in [-0.4, -0.2) is 43.9 Å². The van der Waals surface area contributed by atoms with Crippen LogP contribution >= 0.6 is 0 Å². The monoisotopic (exact) mass is 308 g/mol. The maximum atomic E-state index is 11.9. The summed E-state index contributed by atoms with van der Waals surface area (Å²) in [5.41, 5.74) is 6.03. The number of carbonyl (C=O) groups is 1. The first-order valence-corrected chi connectivity index (χ1v) is 7.39. The zero-order valence-corrected chi connectivity index (χ0v) is 14.4. The molecule has 1 rings (SSSR count). The normalized spacial score (nSPS) is 14.1. The molecule has 22 heavy (non-hydrogen) atoms. The third-order valence-corrected chi connectivity index (χ3v) is 3.33. The number of anilines is 1. The summed E-state index contributed by atoms with van der Waals surface area (Å²) < 4.78 is 5.27. The molecule has 1 atom stereocenters. The highest BCUT2D eigenvalue weighted by Crippen LogP contribution is 2.29. The first-order valence-electron chi connectivity index (χ1n) is 7.39. The number of rotatable bonds is 5. The van der Waals surface area contributed by atoms with Gasteiger partial charge in [-0.05, 0) is 26.8 Å². The van der Waals surface area contributed by atoms with Gasteiger partial charge in [-0.3, -0.25) is 0 Å². The summed E-state index contributed by atoms with van der Waals surface area (Å²) in [5.74, 6) is 0.849. The summed E-state index contributed by atoms with van der Waals surface area (Å²) in [5, 5.41) is 2.81. The van der Waals surface area contributed by atoms with Gasteiger partial charge in [-0.2, -0.15) is 0 Å². The van der Waals surface area contributed by atoms with E-state index >= 15 is 0 Å². The molecule has 1 heterocycles. The fourth-order valence-electron chi connectivity index (χ4n) is 2.08. The zero-order chi connectivity index (χ0) is 17.0. The van der Waals surface area contributed by atoms with Crippen LogP contribution in [-0.2, 0) is 10.2 Å². The van der Waals surface area contributed by atoms with Gasteiger partial charge < -0.3 is 20.7 Å². The largest absolute Gasteiger partial charge is 0.444 e. The molecule has 0 aliphatic rings. The van der Waals surface area contributed by atoms with E-state index in [-0.39, 0.29) is 0 Å². The van der Waals surface area contributed by atoms with E-state index in [4.69, 9.17) is 10.5 Å². The van der Waals surface area contributed by atoms with E-state index in [1.807, 2.05) is 58.8 Å². The van der Waals surface area contributed by atoms with Gasteiger partial charge in [0.25, 0.3) is 0 Å². The molecule has 0 aromatic carbocycles. The maximum Gasteiger partial charge on any atom is 0.407 e. The number of ether oxygens (including phenoxy) is 1. The number of pyridine rings is 1. The van der Waals surface area contributed by atoms with Crippen molar-refractivity contribution in [3.63, 3.8) is 0 Å². The second kappa shape index (κ2) is 6.96. The highest BCUT2D eigenvalue weighted by molar-refractivity contribution is 5.68. The van der Waals surface area contributed by atoms with Gasteiger partial charge in [0.2, 0.25) is 0 Å². The van der Waals surface area contributed by atoms with Crippen LogP contribution in [0.25, 0.3) is 0 Å². The average molecular weight is 308 g/mol. The number of alkyl carbamates (subject to hydrolysis) is 1. The third kappa shape index (κ3) is 4.87. The highest BCUT2D eigenvalue weighted by atomic mass is 16.6. The van der Waals surface area contributed by atoms with Crippen LogP contribution in [0.4, 0.5) is 10.6 Å². The molecule has 0 saturated heterocycles. The van der Waals surface area contributed by atoms with Crippen molar-refractivity contribution in [2.45, 2.75) is 38.7 Å². The lowest BCUT2D eigenvalue weighted by Crippen LogP contribution is -2.45. The Morgan fingerprint density at radius 3 is 2.50 bits per heavy atom. The summed E-state index contributed by atoms with van der Waals surface area (Å²) >= 11 is 0. The number of hydrogen-bond donors (Lipinski definition) is 2. The number of nitrogens with two attached hydrogens (primary N) is 1. The van der Waals surface area contributed by atoms with E-state index in [2.05, 4.69) is 10.3 Å². The van der Waals surface area contributed by atoms with Crippen molar-refractivity contribution >= 4 is 11.9 Å². The van der Waals surface area contributed by atoms with E-state index < -0.39 is 17.1 Å². The van der Waals surface area contributed by atoms with E-state index in [0.717, 1.165) is 11.4 Å². The number of nitrogens with zero attached hydrogens (tertiary/aromatic N) is 2. The van der Waals surface area contributed by atoms with Gasteiger partial charge in [0.05, 0.1) is 0 Å². The first-order chi connectivity index (χ1) is 10.1. The minimum atomic E-state index is -0.522. The summed E-state index contributed by atoms with van der Waals surface area (Å²) in [6.45, 7) is 8.27. The van der Waals surface area contributed by atoms with E-state index in [9.17, 15) is 4.79 Å². The summed E-state index contributed by atoms with van der Waals surface area (Å²) in [4.78, 5) is 18.2. The predicted octanol–water partition coefficient (Wildman–Crippen LogP) is 1.89. The topological polar surface area (TPSA) is 80.5 Å². The Morgan fingerprint density at radius 2 is 2.00 bits per heavy atom. The molecule has 1 aromatic heterocycles. The Hall–Kier alpha value is -1.82. The van der Waals surface area contributed by atoms with E-state index in [1.54, 1.807) is 6.20 Å². The molecule has 0 fully saturated rings. The number of aromatic nitrogens is 1. The number of hydrogen-bond acceptors (Lipinski definition) is 5. The molecular formula is C16H28N4O2. The van der Waals surface area contributed by atoms with Crippen molar-refractivity contribution in [3.05, 3.63) is 23.9 Å². The predicted molar refractivity (Wildman–Crippen MR) is 89.2 cm³/mol. The summed E-state index contributed by atoms with van der Waals surface area (Å²) in [6.07, 6.45) is 1.30. The SMILES string of the molecule is CN(C)c1ncccc1C(C)(CN)CNC(=O)OC(C)(C)C. The molecule has 0 radical (unpaired) electrons. The van der Waals surface area contributed by atoms with Crippen LogP contribution in [0.3, 0.4) is 0 Å². The number of carbonyl (C=O) groups excluding carboxylic acids is 1. The standard InChI is InChI=1S/C16H28N4O2/c1-15(2,3)22-14(21)19-11-16(4,10-17)12-8-7-9-18-13(12)20(5)6/h7-9H,10-11,17H2,1-6H3,(H,19,21). The summed E-state index contributed by atoms with van der Waals surface area (Å²) in [7, 11) is 3.87. The molecule has 0 saturated carbocycles. The lowest BCUT2D eigenvalue weighted by molar-refractivity contribution is 0.0516. The molecule has 6 heteroatoms. The second-order valence-electron chi connectivity index (χ2n) is 6.89. The fourth-order valence-corrected chi connectivity index (χ4v) is 2.08. The minimum absolute atomic E-state index is 0.380. The minimum Gasteiger partial charge on any atom is -0.444 e. The van der Waals surface area contributed by atoms with Crippen LogP contribution < -0.4 is 16.0 Å². The summed E-state index contributed by atoms with van der Waals surface area (Å²) in [6, 6.07) is 3.87. The molecule has 0 bridgehead atoms. The van der Waals surface area contributed by atoms with Crippen LogP contribution in [0.1, 0.15) is 33.3 Å². The van der Waals surface area contributed by atoms with Gasteiger partial charge in [0.1, 0.15) is 11.4 Å². The van der Waals surface area contributed by atoms with Gasteiger partial charge in [-0.25, -0.2) is 9.78 Å². The molecule has 0 aliphatic heterocycles.